The lowest BCUT2D eigenvalue weighted by atomic mass is 10.1. The second-order valence-electron chi connectivity index (χ2n) is 10.3. The van der Waals surface area contributed by atoms with Crippen molar-refractivity contribution in [3.63, 3.8) is 0 Å². The Labute approximate surface area is 247 Å². The van der Waals surface area contributed by atoms with E-state index in [0.29, 0.717) is 5.82 Å². The molecule has 43 heavy (non-hydrogen) atoms. The van der Waals surface area contributed by atoms with Crippen LogP contribution in [0.1, 0.15) is 5.69 Å². The van der Waals surface area contributed by atoms with E-state index in [1.165, 1.54) is 0 Å². The summed E-state index contributed by atoms with van der Waals surface area (Å²) in [6, 6.07) is 36.7. The Hall–Kier alpha value is -6.01. The summed E-state index contributed by atoms with van der Waals surface area (Å²) in [4.78, 5) is 15.0. The summed E-state index contributed by atoms with van der Waals surface area (Å²) in [5.41, 5.74) is 9.71. The van der Waals surface area contributed by atoms with E-state index in [1.54, 1.807) is 12.2 Å². The lowest BCUT2D eigenvalue weighted by molar-refractivity contribution is 0.651. The van der Waals surface area contributed by atoms with Crippen LogP contribution in [0.4, 0.5) is 0 Å². The normalized spacial score (nSPS) is 12.0. The summed E-state index contributed by atoms with van der Waals surface area (Å²) in [7, 11) is 0. The van der Waals surface area contributed by atoms with E-state index in [2.05, 4.69) is 58.5 Å². The minimum atomic E-state index is 0.641. The Kier molecular flexibility index (Phi) is 5.65. The van der Waals surface area contributed by atoms with Crippen LogP contribution in [-0.2, 0) is 0 Å². The fraction of sp³-hybridized carbons (Fsp3) is 0. The van der Waals surface area contributed by atoms with E-state index in [0.717, 1.165) is 72.8 Å². The molecule has 0 aliphatic heterocycles. The van der Waals surface area contributed by atoms with Crippen molar-refractivity contribution in [3.05, 3.63) is 146 Å². The first-order valence-corrected chi connectivity index (χ1v) is 14.0. The number of allylic oxidation sites excluding steroid dienone is 4. The van der Waals surface area contributed by atoms with Crippen LogP contribution < -0.4 is 0 Å². The van der Waals surface area contributed by atoms with Crippen LogP contribution in [0.5, 0.6) is 0 Å². The number of benzene rings is 4. The molecule has 6 nitrogen and oxygen atoms in total. The first kappa shape index (κ1) is 24.8. The number of hydrogen-bond acceptors (Lipinski definition) is 4. The molecule has 4 aromatic carbocycles. The van der Waals surface area contributed by atoms with Crippen molar-refractivity contribution >= 4 is 44.6 Å². The number of hydrogen-bond donors (Lipinski definition) is 0. The van der Waals surface area contributed by atoms with Crippen LogP contribution in [-0.4, -0.2) is 23.9 Å². The summed E-state index contributed by atoms with van der Waals surface area (Å²) in [6.45, 7) is 7.88. The molecule has 0 N–H and O–H groups in total. The summed E-state index contributed by atoms with van der Waals surface area (Å²) in [6.07, 6.45) is 5.44. The largest absolute Gasteiger partial charge is 0.437 e. The summed E-state index contributed by atoms with van der Waals surface area (Å²) >= 11 is 0. The zero-order valence-electron chi connectivity index (χ0n) is 23.2. The van der Waals surface area contributed by atoms with E-state index in [1.807, 2.05) is 78.9 Å². The maximum atomic E-state index is 6.36. The van der Waals surface area contributed by atoms with E-state index in [-0.39, 0.29) is 0 Å². The lowest BCUT2D eigenvalue weighted by Gasteiger charge is -2.10. The number of rotatable bonds is 6. The standard InChI is InChI=1S/C37H25N5O/c1-3-13-24(4-2)29-23-30(39-35(38-29)25-14-7-5-8-15-25)26-20-21-31-32(22-26)41(27-16-9-6-10-17-27)37-40-34-28-18-11-12-19-33(28)43-36(34)42(31)37/h3-23H,1-2H2/b24-13+. The van der Waals surface area contributed by atoms with Gasteiger partial charge in [0.1, 0.15) is 11.1 Å². The molecule has 4 aromatic heterocycles. The van der Waals surface area contributed by atoms with Gasteiger partial charge in [0.15, 0.2) is 5.82 Å². The minimum Gasteiger partial charge on any atom is -0.437 e. The van der Waals surface area contributed by atoms with Gasteiger partial charge < -0.3 is 4.42 Å². The summed E-state index contributed by atoms with van der Waals surface area (Å²) < 4.78 is 10.6. The summed E-state index contributed by atoms with van der Waals surface area (Å²) in [5.74, 6) is 1.43. The average Bonchev–Trinajstić information content (AvgIpc) is 3.71. The van der Waals surface area contributed by atoms with E-state index in [9.17, 15) is 0 Å². The Balaban J connectivity index is 1.42. The molecule has 4 heterocycles. The first-order chi connectivity index (χ1) is 21.2. The first-order valence-electron chi connectivity index (χ1n) is 14.0. The zero-order valence-corrected chi connectivity index (χ0v) is 23.2. The minimum absolute atomic E-state index is 0.641. The number of furan rings is 1. The highest BCUT2D eigenvalue weighted by Crippen LogP contribution is 2.36. The van der Waals surface area contributed by atoms with Crippen molar-refractivity contribution < 1.29 is 4.42 Å². The second kappa shape index (κ2) is 9.82. The highest BCUT2D eigenvalue weighted by Gasteiger charge is 2.22. The average molecular weight is 556 g/mol. The number of nitrogens with zero attached hydrogens (tertiary/aromatic N) is 5. The summed E-state index contributed by atoms with van der Waals surface area (Å²) in [5, 5.41) is 0.998. The quantitative estimate of drug-likeness (QED) is 0.192. The highest BCUT2D eigenvalue weighted by molar-refractivity contribution is 6.05. The maximum absolute atomic E-state index is 6.36. The Morgan fingerprint density at radius 3 is 2.28 bits per heavy atom. The predicted octanol–water partition coefficient (Wildman–Crippen LogP) is 9.06. The van der Waals surface area contributed by atoms with Crippen LogP contribution in [0.15, 0.2) is 145 Å². The van der Waals surface area contributed by atoms with Gasteiger partial charge in [0, 0.05) is 22.2 Å². The molecular formula is C37H25N5O. The van der Waals surface area contributed by atoms with E-state index < -0.39 is 0 Å². The number of para-hydroxylation sites is 2. The van der Waals surface area contributed by atoms with Gasteiger partial charge in [-0.25, -0.2) is 19.4 Å². The van der Waals surface area contributed by atoms with Crippen molar-refractivity contribution in [1.29, 1.82) is 0 Å². The van der Waals surface area contributed by atoms with Crippen molar-refractivity contribution in [2.75, 3.05) is 0 Å². The van der Waals surface area contributed by atoms with Gasteiger partial charge in [0.2, 0.25) is 11.5 Å². The fourth-order valence-corrected chi connectivity index (χ4v) is 5.72. The molecule has 0 aliphatic rings. The number of imidazole rings is 2. The monoisotopic (exact) mass is 555 g/mol. The second-order valence-corrected chi connectivity index (χ2v) is 10.3. The molecule has 0 atom stereocenters. The van der Waals surface area contributed by atoms with E-state index >= 15 is 0 Å². The molecule has 0 saturated heterocycles. The molecule has 8 aromatic rings. The Morgan fingerprint density at radius 1 is 0.721 bits per heavy atom. The molecular weight excluding hydrogens is 530 g/mol. The van der Waals surface area contributed by atoms with Crippen LogP contribution in [0.25, 0.3) is 72.9 Å². The van der Waals surface area contributed by atoms with Crippen LogP contribution in [0.3, 0.4) is 0 Å². The lowest BCUT2D eigenvalue weighted by Crippen LogP contribution is -1.98. The third kappa shape index (κ3) is 3.92. The third-order valence-electron chi connectivity index (χ3n) is 7.70. The number of aromatic nitrogens is 5. The molecule has 0 radical (unpaired) electrons. The molecule has 0 spiro atoms. The third-order valence-corrected chi connectivity index (χ3v) is 7.70. The van der Waals surface area contributed by atoms with Crippen molar-refractivity contribution in [3.8, 4) is 28.3 Å². The van der Waals surface area contributed by atoms with Gasteiger partial charge in [-0.1, -0.05) is 98.1 Å². The number of fused-ring (bicyclic) bond motifs is 7. The molecule has 0 fully saturated rings. The van der Waals surface area contributed by atoms with Gasteiger partial charge in [-0.05, 0) is 48.0 Å². The van der Waals surface area contributed by atoms with Crippen LogP contribution >= 0.6 is 0 Å². The zero-order chi connectivity index (χ0) is 28.9. The van der Waals surface area contributed by atoms with Crippen LogP contribution in [0.2, 0.25) is 0 Å². The molecule has 0 bridgehead atoms. The van der Waals surface area contributed by atoms with Gasteiger partial charge in [-0.3, -0.25) is 4.57 Å². The smallest absolute Gasteiger partial charge is 0.234 e. The van der Waals surface area contributed by atoms with Gasteiger partial charge in [-0.2, -0.15) is 0 Å². The van der Waals surface area contributed by atoms with Gasteiger partial charge in [-0.15, -0.1) is 0 Å². The van der Waals surface area contributed by atoms with Gasteiger partial charge >= 0.3 is 0 Å². The van der Waals surface area contributed by atoms with Crippen LogP contribution in [0, 0.1) is 0 Å². The molecule has 8 rings (SSSR count). The fourth-order valence-electron chi connectivity index (χ4n) is 5.72. The molecule has 6 heteroatoms. The predicted molar refractivity (Wildman–Crippen MR) is 174 cm³/mol. The van der Waals surface area contributed by atoms with Gasteiger partial charge in [0.05, 0.1) is 22.4 Å². The van der Waals surface area contributed by atoms with E-state index in [4.69, 9.17) is 19.4 Å². The van der Waals surface area contributed by atoms with Crippen molar-refractivity contribution in [2.45, 2.75) is 0 Å². The SMILES string of the molecule is C=C/C=C(\C=C)c1cc(-c2ccc3c(c2)n(-c2ccccc2)c2nc4c5ccccc5oc4n32)nc(-c2ccccc2)n1. The molecule has 0 aliphatic carbocycles. The van der Waals surface area contributed by atoms with Crippen molar-refractivity contribution in [2.24, 2.45) is 0 Å². The molecule has 0 unspecified atom stereocenters. The topological polar surface area (TPSA) is 61.2 Å². The maximum Gasteiger partial charge on any atom is 0.234 e. The Bertz CT molecular complexity index is 2370. The van der Waals surface area contributed by atoms with Gasteiger partial charge in [0.25, 0.3) is 0 Å². The Morgan fingerprint density at radius 2 is 1.49 bits per heavy atom. The molecule has 0 amide bonds. The van der Waals surface area contributed by atoms with Crippen molar-refractivity contribution in [1.82, 2.24) is 23.9 Å². The highest BCUT2D eigenvalue weighted by atomic mass is 16.3. The molecule has 0 saturated carbocycles. The molecule has 204 valence electrons.